The summed E-state index contributed by atoms with van der Waals surface area (Å²) >= 11 is 0. The lowest BCUT2D eigenvalue weighted by atomic mass is 9.93. The van der Waals surface area contributed by atoms with Gasteiger partial charge in [-0.05, 0) is 33.7 Å². The second-order valence-corrected chi connectivity index (χ2v) is 4.44. The Kier molecular flexibility index (Phi) is 4.20. The molecule has 0 amide bonds. The molecule has 13 heavy (non-hydrogen) atoms. The van der Waals surface area contributed by atoms with Crippen molar-refractivity contribution >= 4 is 0 Å². The molecule has 0 saturated heterocycles. The number of aliphatic hydroxyl groups excluding tert-OH is 1. The summed E-state index contributed by atoms with van der Waals surface area (Å²) in [7, 11) is 2.15. The van der Waals surface area contributed by atoms with Gasteiger partial charge in [0, 0.05) is 12.1 Å². The van der Waals surface area contributed by atoms with E-state index in [1.807, 2.05) is 6.92 Å². The smallest absolute Gasteiger partial charge is 0.0664 e. The molecule has 0 bridgehead atoms. The molecular weight excluding hydrogens is 162 g/mol. The van der Waals surface area contributed by atoms with Gasteiger partial charge in [-0.1, -0.05) is 19.3 Å². The Morgan fingerprint density at radius 1 is 1.15 bits per heavy atom. The van der Waals surface area contributed by atoms with Gasteiger partial charge in [-0.3, -0.25) is 4.90 Å². The molecule has 0 aromatic carbocycles. The molecule has 2 nitrogen and oxygen atoms in total. The number of aliphatic hydroxyl groups is 1. The monoisotopic (exact) mass is 185 g/mol. The van der Waals surface area contributed by atoms with Crippen LogP contribution in [0.3, 0.4) is 0 Å². The van der Waals surface area contributed by atoms with Crippen LogP contribution in [-0.2, 0) is 0 Å². The molecule has 1 saturated carbocycles. The Hall–Kier alpha value is -0.0800. The van der Waals surface area contributed by atoms with Crippen molar-refractivity contribution in [3.8, 4) is 0 Å². The Bertz CT molecular complexity index is 141. The molecule has 1 rings (SSSR count). The second-order valence-electron chi connectivity index (χ2n) is 4.44. The third-order valence-electron chi connectivity index (χ3n) is 3.49. The minimum atomic E-state index is -0.216. The molecule has 0 radical (unpaired) electrons. The van der Waals surface area contributed by atoms with Gasteiger partial charge in [0.2, 0.25) is 0 Å². The molecule has 2 heteroatoms. The molecule has 1 aliphatic carbocycles. The molecule has 0 aromatic rings. The Labute approximate surface area is 81.9 Å². The first-order valence-electron chi connectivity index (χ1n) is 5.53. The summed E-state index contributed by atoms with van der Waals surface area (Å²) in [5, 5.41) is 9.48. The van der Waals surface area contributed by atoms with E-state index < -0.39 is 0 Å². The predicted octanol–water partition coefficient (Wildman–Crippen LogP) is 2.02. The minimum absolute atomic E-state index is 0.216. The van der Waals surface area contributed by atoms with Gasteiger partial charge in [-0.2, -0.15) is 0 Å². The van der Waals surface area contributed by atoms with Crippen LogP contribution in [0, 0.1) is 0 Å². The molecule has 2 atom stereocenters. The van der Waals surface area contributed by atoms with E-state index in [1.54, 1.807) is 0 Å². The van der Waals surface area contributed by atoms with E-state index in [9.17, 15) is 5.11 Å². The predicted molar refractivity (Wildman–Crippen MR) is 55.8 cm³/mol. The average Bonchev–Trinajstić information content (AvgIpc) is 2.17. The molecular formula is C11H23NO. The second kappa shape index (κ2) is 4.97. The van der Waals surface area contributed by atoms with E-state index in [4.69, 9.17) is 0 Å². The van der Waals surface area contributed by atoms with Gasteiger partial charge in [0.25, 0.3) is 0 Å². The van der Waals surface area contributed by atoms with E-state index in [-0.39, 0.29) is 6.10 Å². The van der Waals surface area contributed by atoms with Crippen molar-refractivity contribution in [1.82, 2.24) is 4.90 Å². The highest BCUT2D eigenvalue weighted by Crippen LogP contribution is 2.23. The summed E-state index contributed by atoms with van der Waals surface area (Å²) in [6.07, 6.45) is 6.53. The lowest BCUT2D eigenvalue weighted by Gasteiger charge is -2.36. The highest BCUT2D eigenvalue weighted by molar-refractivity contribution is 4.79. The molecule has 1 N–H and O–H groups in total. The zero-order valence-electron chi connectivity index (χ0n) is 9.16. The topological polar surface area (TPSA) is 23.5 Å². The largest absolute Gasteiger partial charge is 0.392 e. The van der Waals surface area contributed by atoms with E-state index in [2.05, 4.69) is 18.9 Å². The Morgan fingerprint density at radius 3 is 2.15 bits per heavy atom. The van der Waals surface area contributed by atoms with Crippen LogP contribution < -0.4 is 0 Å². The number of likely N-dealkylation sites (N-methyl/N-ethyl adjacent to an activating group) is 1. The molecule has 0 aliphatic heterocycles. The fourth-order valence-corrected chi connectivity index (χ4v) is 2.16. The maximum atomic E-state index is 9.48. The zero-order chi connectivity index (χ0) is 9.84. The highest BCUT2D eigenvalue weighted by atomic mass is 16.3. The van der Waals surface area contributed by atoms with Crippen molar-refractivity contribution in [1.29, 1.82) is 0 Å². The van der Waals surface area contributed by atoms with Crippen LogP contribution in [0.1, 0.15) is 46.0 Å². The third kappa shape index (κ3) is 2.96. The first kappa shape index (κ1) is 11.0. The van der Waals surface area contributed by atoms with Crippen molar-refractivity contribution < 1.29 is 5.11 Å². The molecule has 0 aromatic heterocycles. The summed E-state index contributed by atoms with van der Waals surface area (Å²) in [5.41, 5.74) is 0. The average molecular weight is 185 g/mol. The Morgan fingerprint density at radius 2 is 1.69 bits per heavy atom. The van der Waals surface area contributed by atoms with Gasteiger partial charge in [-0.15, -0.1) is 0 Å². The lowest BCUT2D eigenvalue weighted by Crippen LogP contribution is -2.44. The van der Waals surface area contributed by atoms with Crippen molar-refractivity contribution in [2.45, 2.75) is 64.1 Å². The minimum Gasteiger partial charge on any atom is -0.392 e. The van der Waals surface area contributed by atoms with Gasteiger partial charge in [-0.25, -0.2) is 0 Å². The maximum absolute atomic E-state index is 9.48. The van der Waals surface area contributed by atoms with Crippen LogP contribution in [0.4, 0.5) is 0 Å². The molecule has 1 fully saturated rings. The molecule has 0 heterocycles. The number of hydrogen-bond donors (Lipinski definition) is 1. The van der Waals surface area contributed by atoms with Gasteiger partial charge >= 0.3 is 0 Å². The summed E-state index contributed by atoms with van der Waals surface area (Å²) in [6, 6.07) is 1.00. The zero-order valence-corrected chi connectivity index (χ0v) is 9.16. The van der Waals surface area contributed by atoms with Gasteiger partial charge < -0.3 is 5.11 Å². The summed E-state index contributed by atoms with van der Waals surface area (Å²) < 4.78 is 0. The van der Waals surface area contributed by atoms with Crippen molar-refractivity contribution in [3.63, 3.8) is 0 Å². The molecule has 1 aliphatic rings. The normalized spacial score (nSPS) is 24.7. The van der Waals surface area contributed by atoms with Gasteiger partial charge in [0.1, 0.15) is 0 Å². The van der Waals surface area contributed by atoms with Crippen LogP contribution in [-0.4, -0.2) is 35.2 Å². The standard InChI is InChI=1S/C11H23NO/c1-9(10(2)13)12(3)11-7-5-4-6-8-11/h9-11,13H,4-8H2,1-3H3. The van der Waals surface area contributed by atoms with Gasteiger partial charge in [0.05, 0.1) is 6.10 Å². The van der Waals surface area contributed by atoms with E-state index in [1.165, 1.54) is 32.1 Å². The van der Waals surface area contributed by atoms with Crippen LogP contribution >= 0.6 is 0 Å². The van der Waals surface area contributed by atoms with Crippen molar-refractivity contribution in [2.75, 3.05) is 7.05 Å². The van der Waals surface area contributed by atoms with Crippen molar-refractivity contribution in [2.24, 2.45) is 0 Å². The van der Waals surface area contributed by atoms with Crippen molar-refractivity contribution in [3.05, 3.63) is 0 Å². The van der Waals surface area contributed by atoms with Crippen LogP contribution in [0.5, 0.6) is 0 Å². The molecule has 0 spiro atoms. The van der Waals surface area contributed by atoms with E-state index in [0.29, 0.717) is 12.1 Å². The fraction of sp³-hybridized carbons (Fsp3) is 1.00. The SMILES string of the molecule is CC(O)C(C)N(C)C1CCCCC1. The van der Waals surface area contributed by atoms with E-state index >= 15 is 0 Å². The quantitative estimate of drug-likeness (QED) is 0.727. The summed E-state index contributed by atoms with van der Waals surface area (Å²) in [6.45, 7) is 3.99. The lowest BCUT2D eigenvalue weighted by molar-refractivity contribution is 0.0499. The van der Waals surface area contributed by atoms with Crippen LogP contribution in [0.25, 0.3) is 0 Å². The first-order valence-corrected chi connectivity index (χ1v) is 5.53. The number of hydrogen-bond acceptors (Lipinski definition) is 2. The molecule has 78 valence electrons. The summed E-state index contributed by atoms with van der Waals surface area (Å²) in [5.74, 6) is 0. The van der Waals surface area contributed by atoms with E-state index in [0.717, 1.165) is 0 Å². The first-order chi connectivity index (χ1) is 6.13. The fourth-order valence-electron chi connectivity index (χ4n) is 2.16. The maximum Gasteiger partial charge on any atom is 0.0664 e. The third-order valence-corrected chi connectivity index (χ3v) is 3.49. The summed E-state index contributed by atoms with van der Waals surface area (Å²) in [4.78, 5) is 2.35. The molecule has 2 unspecified atom stereocenters. The number of rotatable bonds is 3. The van der Waals surface area contributed by atoms with Crippen LogP contribution in [0.2, 0.25) is 0 Å². The number of nitrogens with zero attached hydrogens (tertiary/aromatic N) is 1. The Balaban J connectivity index is 2.40. The highest BCUT2D eigenvalue weighted by Gasteiger charge is 2.23. The van der Waals surface area contributed by atoms with Crippen LogP contribution in [0.15, 0.2) is 0 Å². The van der Waals surface area contributed by atoms with Gasteiger partial charge in [0.15, 0.2) is 0 Å².